The topological polar surface area (TPSA) is 42.2 Å². The SMILES string of the molecule is C=C(C)c1ccccc1N1CCc2oc(-c3ccc(F)cn3)nc2C1. The minimum absolute atomic E-state index is 0.373. The number of allylic oxidation sites excluding steroid dienone is 1. The Balaban J connectivity index is 1.64. The second kappa shape index (κ2) is 6.16. The zero-order valence-corrected chi connectivity index (χ0v) is 14.0. The summed E-state index contributed by atoms with van der Waals surface area (Å²) in [4.78, 5) is 10.9. The molecule has 4 nitrogen and oxygen atoms in total. The van der Waals surface area contributed by atoms with Gasteiger partial charge in [0.15, 0.2) is 0 Å². The van der Waals surface area contributed by atoms with Crippen LogP contribution in [-0.4, -0.2) is 16.5 Å². The number of pyridine rings is 1. The number of rotatable bonds is 3. The summed E-state index contributed by atoms with van der Waals surface area (Å²) in [7, 11) is 0. The number of fused-ring (bicyclic) bond motifs is 1. The van der Waals surface area contributed by atoms with Crippen molar-refractivity contribution in [1.82, 2.24) is 9.97 Å². The molecule has 0 aliphatic carbocycles. The number of hydrogen-bond donors (Lipinski definition) is 0. The van der Waals surface area contributed by atoms with E-state index in [0.717, 1.165) is 41.2 Å². The molecule has 4 rings (SSSR count). The Morgan fingerprint density at radius 3 is 2.84 bits per heavy atom. The van der Waals surface area contributed by atoms with Gasteiger partial charge in [0.1, 0.15) is 23.0 Å². The summed E-state index contributed by atoms with van der Waals surface area (Å²) in [5.74, 6) is 0.952. The molecule has 126 valence electrons. The van der Waals surface area contributed by atoms with E-state index in [9.17, 15) is 4.39 Å². The number of hydrogen-bond acceptors (Lipinski definition) is 4. The van der Waals surface area contributed by atoms with Gasteiger partial charge >= 0.3 is 0 Å². The van der Waals surface area contributed by atoms with Gasteiger partial charge < -0.3 is 9.32 Å². The predicted molar refractivity (Wildman–Crippen MR) is 95.6 cm³/mol. The van der Waals surface area contributed by atoms with Crippen LogP contribution in [0.3, 0.4) is 0 Å². The first kappa shape index (κ1) is 15.6. The van der Waals surface area contributed by atoms with E-state index in [0.29, 0.717) is 18.1 Å². The smallest absolute Gasteiger partial charge is 0.245 e. The van der Waals surface area contributed by atoms with Gasteiger partial charge in [0.2, 0.25) is 5.89 Å². The standard InChI is InChI=1S/C20H18FN3O/c1-13(2)15-5-3-4-6-18(15)24-10-9-19-17(12-24)23-20(25-19)16-8-7-14(21)11-22-16/h3-8,11H,1,9-10,12H2,2H3. The lowest BCUT2D eigenvalue weighted by molar-refractivity contribution is 0.497. The normalized spacial score (nSPS) is 13.6. The van der Waals surface area contributed by atoms with Crippen LogP contribution in [0.2, 0.25) is 0 Å². The highest BCUT2D eigenvalue weighted by molar-refractivity contribution is 5.74. The summed E-state index contributed by atoms with van der Waals surface area (Å²) < 4.78 is 18.9. The summed E-state index contributed by atoms with van der Waals surface area (Å²) in [6, 6.07) is 11.2. The van der Waals surface area contributed by atoms with Crippen molar-refractivity contribution in [2.75, 3.05) is 11.4 Å². The third-order valence-corrected chi connectivity index (χ3v) is 4.38. The summed E-state index contributed by atoms with van der Waals surface area (Å²) in [6.07, 6.45) is 1.95. The van der Waals surface area contributed by atoms with Gasteiger partial charge in [-0.1, -0.05) is 24.8 Å². The number of anilines is 1. The molecule has 0 saturated carbocycles. The molecule has 0 amide bonds. The van der Waals surface area contributed by atoms with Crippen molar-refractivity contribution < 1.29 is 8.81 Å². The highest BCUT2D eigenvalue weighted by Gasteiger charge is 2.24. The Morgan fingerprint density at radius 1 is 1.24 bits per heavy atom. The molecule has 0 bridgehead atoms. The molecule has 25 heavy (non-hydrogen) atoms. The van der Waals surface area contributed by atoms with Crippen LogP contribution in [0.4, 0.5) is 10.1 Å². The van der Waals surface area contributed by atoms with E-state index in [2.05, 4.69) is 33.6 Å². The van der Waals surface area contributed by atoms with E-state index in [-0.39, 0.29) is 5.82 Å². The van der Waals surface area contributed by atoms with Crippen LogP contribution in [-0.2, 0) is 13.0 Å². The molecule has 5 heteroatoms. The molecule has 0 atom stereocenters. The zero-order valence-electron chi connectivity index (χ0n) is 14.0. The fourth-order valence-corrected chi connectivity index (χ4v) is 3.13. The Bertz CT molecular complexity index is 930. The third kappa shape index (κ3) is 2.93. The summed E-state index contributed by atoms with van der Waals surface area (Å²) in [5.41, 5.74) is 4.80. The highest BCUT2D eigenvalue weighted by atomic mass is 19.1. The van der Waals surface area contributed by atoms with Crippen molar-refractivity contribution in [3.05, 3.63) is 72.0 Å². The number of halogens is 1. The molecular formula is C20H18FN3O. The highest BCUT2D eigenvalue weighted by Crippen LogP contribution is 2.31. The first-order valence-electron chi connectivity index (χ1n) is 8.22. The van der Waals surface area contributed by atoms with Crippen molar-refractivity contribution in [3.63, 3.8) is 0 Å². The largest absolute Gasteiger partial charge is 0.439 e. The number of nitrogens with zero attached hydrogens (tertiary/aromatic N) is 3. The number of para-hydroxylation sites is 1. The first-order valence-corrected chi connectivity index (χ1v) is 8.22. The molecular weight excluding hydrogens is 317 g/mol. The van der Waals surface area contributed by atoms with E-state index >= 15 is 0 Å². The van der Waals surface area contributed by atoms with E-state index in [4.69, 9.17) is 4.42 Å². The Hall–Kier alpha value is -2.95. The van der Waals surface area contributed by atoms with Crippen LogP contribution in [0.15, 0.2) is 53.6 Å². The van der Waals surface area contributed by atoms with E-state index in [1.165, 1.54) is 12.3 Å². The van der Waals surface area contributed by atoms with E-state index in [1.54, 1.807) is 6.07 Å². The van der Waals surface area contributed by atoms with Crippen LogP contribution >= 0.6 is 0 Å². The van der Waals surface area contributed by atoms with E-state index < -0.39 is 0 Å². The molecule has 1 aromatic carbocycles. The molecule has 0 N–H and O–H groups in total. The van der Waals surface area contributed by atoms with Crippen molar-refractivity contribution in [3.8, 4) is 11.6 Å². The van der Waals surface area contributed by atoms with Crippen molar-refractivity contribution in [1.29, 1.82) is 0 Å². The zero-order chi connectivity index (χ0) is 17.4. The summed E-state index contributed by atoms with van der Waals surface area (Å²) in [5, 5.41) is 0. The molecule has 1 aliphatic rings. The average Bonchev–Trinajstić information content (AvgIpc) is 3.05. The fraction of sp³-hybridized carbons (Fsp3) is 0.200. The maximum atomic E-state index is 13.0. The van der Waals surface area contributed by atoms with Gasteiger partial charge in [-0.15, -0.1) is 0 Å². The molecule has 3 heterocycles. The van der Waals surface area contributed by atoms with Gasteiger partial charge in [0.05, 0.1) is 12.7 Å². The van der Waals surface area contributed by atoms with Gasteiger partial charge in [-0.05, 0) is 30.7 Å². The molecule has 1 aliphatic heterocycles. The van der Waals surface area contributed by atoms with Gasteiger partial charge in [0.25, 0.3) is 0 Å². The molecule has 3 aromatic rings. The first-order chi connectivity index (χ1) is 12.1. The molecule has 0 saturated heterocycles. The maximum absolute atomic E-state index is 13.0. The lowest BCUT2D eigenvalue weighted by atomic mass is 10.0. The molecule has 2 aromatic heterocycles. The van der Waals surface area contributed by atoms with Gasteiger partial charge in [0, 0.05) is 24.2 Å². The lowest BCUT2D eigenvalue weighted by Gasteiger charge is -2.29. The summed E-state index contributed by atoms with van der Waals surface area (Å²) in [6.45, 7) is 7.61. The number of oxazole rings is 1. The minimum Gasteiger partial charge on any atom is -0.439 e. The van der Waals surface area contributed by atoms with Crippen LogP contribution in [0.1, 0.15) is 23.9 Å². The fourth-order valence-electron chi connectivity index (χ4n) is 3.13. The predicted octanol–water partition coefficient (Wildman–Crippen LogP) is 4.47. The average molecular weight is 335 g/mol. The number of benzene rings is 1. The third-order valence-electron chi connectivity index (χ3n) is 4.38. The van der Waals surface area contributed by atoms with Gasteiger partial charge in [-0.25, -0.2) is 14.4 Å². The van der Waals surface area contributed by atoms with Crippen LogP contribution < -0.4 is 4.90 Å². The number of aromatic nitrogens is 2. The Morgan fingerprint density at radius 2 is 2.08 bits per heavy atom. The monoisotopic (exact) mass is 335 g/mol. The van der Waals surface area contributed by atoms with Crippen molar-refractivity contribution in [2.45, 2.75) is 19.9 Å². The quantitative estimate of drug-likeness (QED) is 0.708. The Kier molecular flexibility index (Phi) is 3.84. The summed E-state index contributed by atoms with van der Waals surface area (Å²) >= 11 is 0. The molecule has 0 unspecified atom stereocenters. The van der Waals surface area contributed by atoms with Crippen molar-refractivity contribution in [2.24, 2.45) is 0 Å². The van der Waals surface area contributed by atoms with Crippen molar-refractivity contribution >= 4 is 11.3 Å². The van der Waals surface area contributed by atoms with Crippen LogP contribution in [0.5, 0.6) is 0 Å². The van der Waals surface area contributed by atoms with Crippen LogP contribution in [0, 0.1) is 5.82 Å². The minimum atomic E-state index is -0.373. The molecule has 0 fully saturated rings. The Labute approximate surface area is 145 Å². The molecule has 0 radical (unpaired) electrons. The second-order valence-corrected chi connectivity index (χ2v) is 6.22. The van der Waals surface area contributed by atoms with Gasteiger partial charge in [-0.2, -0.15) is 0 Å². The second-order valence-electron chi connectivity index (χ2n) is 6.22. The van der Waals surface area contributed by atoms with E-state index in [1.807, 2.05) is 19.1 Å². The maximum Gasteiger partial charge on any atom is 0.245 e. The van der Waals surface area contributed by atoms with Crippen LogP contribution in [0.25, 0.3) is 17.2 Å². The van der Waals surface area contributed by atoms with Gasteiger partial charge in [-0.3, -0.25) is 0 Å². The molecule has 0 spiro atoms. The lowest BCUT2D eigenvalue weighted by Crippen LogP contribution is -2.30.